The van der Waals surface area contributed by atoms with Gasteiger partial charge in [0.15, 0.2) is 0 Å². The monoisotopic (exact) mass is 556 g/mol. The van der Waals surface area contributed by atoms with Crippen molar-refractivity contribution in [3.63, 3.8) is 0 Å². The fourth-order valence-corrected chi connectivity index (χ4v) is 5.20. The standard InChI is InChI=1S/C26H27ClF2N8S/c1-14-20(33-13-38-14)23(19-11-37(36-35-19)26(5-6-26)24(28)29)34-16-7-17-21(32-12-25(2,3)4)15(9-30)10-31-22(17)18(27)8-16/h7-8,10-11,13,23-24,34H,5-6,12H2,1-4H3,(H,31,32). The molecule has 0 saturated heterocycles. The minimum Gasteiger partial charge on any atom is -0.383 e. The zero-order valence-corrected chi connectivity index (χ0v) is 23.0. The summed E-state index contributed by atoms with van der Waals surface area (Å²) in [7, 11) is 0. The normalized spacial score (nSPS) is 15.4. The Morgan fingerprint density at radius 3 is 2.63 bits per heavy atom. The van der Waals surface area contributed by atoms with Crippen molar-refractivity contribution in [2.24, 2.45) is 5.41 Å². The Labute approximate surface area is 228 Å². The lowest BCUT2D eigenvalue weighted by molar-refractivity contribution is 0.0593. The van der Waals surface area contributed by atoms with E-state index in [1.54, 1.807) is 17.8 Å². The van der Waals surface area contributed by atoms with Crippen LogP contribution in [-0.4, -0.2) is 37.9 Å². The average Bonchev–Trinajstić information content (AvgIpc) is 3.33. The highest BCUT2D eigenvalue weighted by atomic mass is 35.5. The summed E-state index contributed by atoms with van der Waals surface area (Å²) < 4.78 is 28.7. The van der Waals surface area contributed by atoms with Gasteiger partial charge in [-0.25, -0.2) is 18.4 Å². The van der Waals surface area contributed by atoms with Crippen LogP contribution in [0.3, 0.4) is 0 Å². The maximum absolute atomic E-state index is 13.7. The topological polar surface area (TPSA) is 104 Å². The van der Waals surface area contributed by atoms with Gasteiger partial charge in [-0.2, -0.15) is 5.26 Å². The first-order valence-corrected chi connectivity index (χ1v) is 13.4. The van der Waals surface area contributed by atoms with Crippen LogP contribution in [0, 0.1) is 23.7 Å². The first-order chi connectivity index (χ1) is 18.0. The summed E-state index contributed by atoms with van der Waals surface area (Å²) in [6, 6.07) is 5.27. The van der Waals surface area contributed by atoms with Crippen LogP contribution in [0.2, 0.25) is 5.02 Å². The lowest BCUT2D eigenvalue weighted by Crippen LogP contribution is -2.26. The van der Waals surface area contributed by atoms with Crippen molar-refractivity contribution in [2.45, 2.75) is 58.5 Å². The zero-order valence-electron chi connectivity index (χ0n) is 21.4. The summed E-state index contributed by atoms with van der Waals surface area (Å²) >= 11 is 8.15. The molecule has 5 rings (SSSR count). The van der Waals surface area contributed by atoms with Gasteiger partial charge in [0, 0.05) is 28.7 Å². The van der Waals surface area contributed by atoms with Gasteiger partial charge in [0.25, 0.3) is 6.43 Å². The van der Waals surface area contributed by atoms with Gasteiger partial charge < -0.3 is 10.6 Å². The summed E-state index contributed by atoms with van der Waals surface area (Å²) in [5, 5.41) is 26.0. The third-order valence-corrected chi connectivity index (χ3v) is 7.70. The molecule has 1 fully saturated rings. The number of aryl methyl sites for hydroxylation is 1. The number of rotatable bonds is 8. The molecule has 1 unspecified atom stereocenters. The average molecular weight is 557 g/mol. The number of aromatic nitrogens is 5. The summed E-state index contributed by atoms with van der Waals surface area (Å²) in [6.07, 6.45) is 1.29. The van der Waals surface area contributed by atoms with Crippen LogP contribution in [0.4, 0.5) is 20.2 Å². The molecule has 1 saturated carbocycles. The Hall–Kier alpha value is -3.36. The Bertz CT molecular complexity index is 1530. The van der Waals surface area contributed by atoms with E-state index in [2.05, 4.69) is 57.8 Å². The first kappa shape index (κ1) is 26.3. The van der Waals surface area contributed by atoms with E-state index in [1.165, 1.54) is 22.2 Å². The van der Waals surface area contributed by atoms with Gasteiger partial charge in [0.1, 0.15) is 23.3 Å². The van der Waals surface area contributed by atoms with E-state index in [-0.39, 0.29) is 5.41 Å². The van der Waals surface area contributed by atoms with E-state index in [1.807, 2.05) is 13.0 Å². The number of nitriles is 1. The maximum Gasteiger partial charge on any atom is 0.263 e. The van der Waals surface area contributed by atoms with E-state index in [0.29, 0.717) is 57.9 Å². The minimum absolute atomic E-state index is 0.0296. The summed E-state index contributed by atoms with van der Waals surface area (Å²) in [4.78, 5) is 9.91. The lowest BCUT2D eigenvalue weighted by atomic mass is 9.96. The van der Waals surface area contributed by atoms with E-state index in [0.717, 1.165) is 10.6 Å². The number of fused-ring (bicyclic) bond motifs is 1. The molecule has 1 atom stereocenters. The maximum atomic E-state index is 13.7. The van der Waals surface area contributed by atoms with Gasteiger partial charge in [0.05, 0.1) is 39.2 Å². The van der Waals surface area contributed by atoms with E-state index < -0.39 is 18.0 Å². The third-order valence-electron chi connectivity index (χ3n) is 6.64. The first-order valence-electron chi connectivity index (χ1n) is 12.2. The van der Waals surface area contributed by atoms with Crippen molar-refractivity contribution in [1.82, 2.24) is 25.0 Å². The van der Waals surface area contributed by atoms with Crippen molar-refractivity contribution < 1.29 is 8.78 Å². The fourth-order valence-electron chi connectivity index (χ4n) is 4.31. The molecule has 3 aromatic heterocycles. The van der Waals surface area contributed by atoms with Crippen molar-refractivity contribution in [1.29, 1.82) is 5.26 Å². The number of pyridine rings is 1. The second-order valence-corrected chi connectivity index (χ2v) is 12.3. The smallest absolute Gasteiger partial charge is 0.263 e. The van der Waals surface area contributed by atoms with Crippen molar-refractivity contribution >= 4 is 45.2 Å². The summed E-state index contributed by atoms with van der Waals surface area (Å²) in [5.74, 6) is 0. The van der Waals surface area contributed by atoms with E-state index in [9.17, 15) is 14.0 Å². The Morgan fingerprint density at radius 2 is 2.03 bits per heavy atom. The molecule has 0 amide bonds. The number of halogens is 3. The predicted octanol–water partition coefficient (Wildman–Crippen LogP) is 6.53. The van der Waals surface area contributed by atoms with Crippen LogP contribution in [0.15, 0.2) is 30.0 Å². The van der Waals surface area contributed by atoms with Gasteiger partial charge in [-0.3, -0.25) is 4.98 Å². The molecule has 2 N–H and O–H groups in total. The van der Waals surface area contributed by atoms with E-state index >= 15 is 0 Å². The number of nitrogens with one attached hydrogen (secondary N) is 2. The van der Waals surface area contributed by atoms with Crippen LogP contribution >= 0.6 is 22.9 Å². The van der Waals surface area contributed by atoms with Gasteiger partial charge in [-0.05, 0) is 37.3 Å². The van der Waals surface area contributed by atoms with Gasteiger partial charge >= 0.3 is 0 Å². The van der Waals surface area contributed by atoms with Crippen molar-refractivity contribution in [2.75, 3.05) is 17.2 Å². The molecular formula is C26H27ClF2N8S. The summed E-state index contributed by atoms with van der Waals surface area (Å²) in [6.45, 7) is 8.87. The highest BCUT2D eigenvalue weighted by Gasteiger charge is 2.54. The number of hydrogen-bond donors (Lipinski definition) is 2. The second-order valence-electron chi connectivity index (χ2n) is 10.8. The number of benzene rings is 1. The SMILES string of the molecule is Cc1scnc1C(Nc1cc(Cl)c2ncc(C#N)c(NCC(C)(C)C)c2c1)c1cn(C2(C(F)F)CC2)nn1. The molecule has 0 aliphatic heterocycles. The molecular weight excluding hydrogens is 530 g/mol. The van der Waals surface area contributed by atoms with Crippen molar-refractivity contribution in [3.8, 4) is 6.07 Å². The molecule has 12 heteroatoms. The van der Waals surface area contributed by atoms with Gasteiger partial charge in [-0.15, -0.1) is 16.4 Å². The summed E-state index contributed by atoms with van der Waals surface area (Å²) in [5.41, 5.74) is 3.87. The number of nitrogens with zero attached hydrogens (tertiary/aromatic N) is 6. The molecule has 4 aromatic rings. The van der Waals surface area contributed by atoms with Crippen molar-refractivity contribution in [3.05, 3.63) is 56.9 Å². The number of anilines is 2. The van der Waals surface area contributed by atoms with Crippen LogP contribution < -0.4 is 10.6 Å². The Balaban J connectivity index is 1.57. The van der Waals surface area contributed by atoms with Crippen LogP contribution in [0.5, 0.6) is 0 Å². The molecule has 198 valence electrons. The van der Waals surface area contributed by atoms with Crippen LogP contribution in [-0.2, 0) is 5.54 Å². The minimum atomic E-state index is -2.52. The predicted molar refractivity (Wildman–Crippen MR) is 145 cm³/mol. The Kier molecular flexibility index (Phi) is 6.73. The molecule has 0 spiro atoms. The largest absolute Gasteiger partial charge is 0.383 e. The van der Waals surface area contributed by atoms with Gasteiger partial charge in [-0.1, -0.05) is 37.6 Å². The number of thiazole rings is 1. The molecule has 1 aliphatic rings. The number of hydrogen-bond acceptors (Lipinski definition) is 8. The molecule has 0 radical (unpaired) electrons. The lowest BCUT2D eigenvalue weighted by Gasteiger charge is -2.22. The molecule has 8 nitrogen and oxygen atoms in total. The van der Waals surface area contributed by atoms with Gasteiger partial charge in [0.2, 0.25) is 0 Å². The van der Waals surface area contributed by atoms with E-state index in [4.69, 9.17) is 11.6 Å². The Morgan fingerprint density at radius 1 is 1.26 bits per heavy atom. The molecule has 38 heavy (non-hydrogen) atoms. The molecule has 3 heterocycles. The zero-order chi connectivity index (χ0) is 27.2. The highest BCUT2D eigenvalue weighted by Crippen LogP contribution is 2.48. The van der Waals surface area contributed by atoms with Crippen LogP contribution in [0.1, 0.15) is 61.5 Å². The highest BCUT2D eigenvalue weighted by molar-refractivity contribution is 7.09. The molecule has 1 aromatic carbocycles. The quantitative estimate of drug-likeness (QED) is 0.254. The molecule has 1 aliphatic carbocycles. The molecule has 0 bridgehead atoms. The van der Waals surface area contributed by atoms with Crippen LogP contribution in [0.25, 0.3) is 10.9 Å². The number of alkyl halides is 2. The fraction of sp³-hybridized carbons (Fsp3) is 0.423. The third kappa shape index (κ3) is 4.90. The second kappa shape index (κ2) is 9.75.